The number of amides is 1. The smallest absolute Gasteiger partial charge is 0.326 e. The molecule has 2 rings (SSSR count). The van der Waals surface area contributed by atoms with Crippen LogP contribution in [0.2, 0.25) is 5.02 Å². The van der Waals surface area contributed by atoms with Crippen molar-refractivity contribution in [3.63, 3.8) is 0 Å². The molecule has 38 heavy (non-hydrogen) atoms. The second-order valence-electron chi connectivity index (χ2n) is 11.0. The van der Waals surface area contributed by atoms with E-state index >= 15 is 0 Å². The van der Waals surface area contributed by atoms with Gasteiger partial charge in [0.25, 0.3) is 0 Å². The lowest BCUT2D eigenvalue weighted by atomic mass is 10.1. The van der Waals surface area contributed by atoms with E-state index in [2.05, 4.69) is 15.6 Å². The number of hydrogen-bond donors (Lipinski definition) is 2. The van der Waals surface area contributed by atoms with Gasteiger partial charge in [-0.25, -0.2) is 13.4 Å². The Hall–Kier alpha value is -2.05. The number of sulfone groups is 1. The number of carbonyl (C=O) groups is 2. The predicted octanol–water partition coefficient (Wildman–Crippen LogP) is 5.01. The third kappa shape index (κ3) is 10.6. The summed E-state index contributed by atoms with van der Waals surface area (Å²) in [6, 6.07) is 4.12. The number of hydrogen-bond acceptors (Lipinski definition) is 9. The summed E-state index contributed by atoms with van der Waals surface area (Å²) in [5.74, 6) is -0.627. The molecule has 0 saturated heterocycles. The zero-order valence-corrected chi connectivity index (χ0v) is 25.6. The second kappa shape index (κ2) is 12.9. The molecule has 0 aliphatic rings. The van der Waals surface area contributed by atoms with E-state index in [0.717, 1.165) is 11.1 Å². The lowest BCUT2D eigenvalue weighted by Crippen LogP contribution is -2.46. The summed E-state index contributed by atoms with van der Waals surface area (Å²) in [5, 5.41) is 6.50. The SMILES string of the molecule is Cc1nc(NC(=O)CCCN[C@@H](COC(C)(C)C)C(=O)OC(C)(C)C)sc1-c1ccc(Cl)c(S(C)(=O)=O)c1. The number of halogens is 1. The van der Waals surface area contributed by atoms with Crippen LogP contribution in [0.5, 0.6) is 0 Å². The molecule has 9 nitrogen and oxygen atoms in total. The monoisotopic (exact) mass is 587 g/mol. The zero-order chi connectivity index (χ0) is 28.9. The molecule has 0 fully saturated rings. The highest BCUT2D eigenvalue weighted by Crippen LogP contribution is 2.35. The van der Waals surface area contributed by atoms with Gasteiger partial charge in [-0.15, -0.1) is 0 Å². The molecule has 12 heteroatoms. The number of thiazole rings is 1. The minimum atomic E-state index is -3.49. The van der Waals surface area contributed by atoms with Gasteiger partial charge in [-0.1, -0.05) is 29.0 Å². The van der Waals surface area contributed by atoms with Crippen LogP contribution in [0, 0.1) is 6.92 Å². The van der Waals surface area contributed by atoms with Crippen molar-refractivity contribution >= 4 is 49.8 Å². The summed E-state index contributed by atoms with van der Waals surface area (Å²) < 4.78 is 35.3. The first-order valence-corrected chi connectivity index (χ1v) is 15.3. The lowest BCUT2D eigenvalue weighted by molar-refractivity contribution is -0.160. The van der Waals surface area contributed by atoms with Gasteiger partial charge >= 0.3 is 5.97 Å². The Morgan fingerprint density at radius 3 is 2.37 bits per heavy atom. The standard InChI is InChI=1S/C26H38ClN3O6S2/c1-16-22(17-11-12-18(27)20(14-17)38(8,33)34)37-24(29-16)30-21(31)10-9-13-28-19(15-35-25(2,3)4)23(32)36-26(5,6)7/h11-12,14,19,28H,9-10,13,15H2,1-8H3,(H,29,30,31)/t19-/m0/s1. The van der Waals surface area contributed by atoms with Crippen molar-refractivity contribution in [2.24, 2.45) is 0 Å². The number of nitrogens with one attached hydrogen (secondary N) is 2. The van der Waals surface area contributed by atoms with E-state index in [1.807, 2.05) is 20.8 Å². The highest BCUT2D eigenvalue weighted by Gasteiger charge is 2.27. The van der Waals surface area contributed by atoms with Crippen LogP contribution in [0.4, 0.5) is 5.13 Å². The van der Waals surface area contributed by atoms with Crippen LogP contribution in [0.25, 0.3) is 10.4 Å². The topological polar surface area (TPSA) is 124 Å². The molecule has 1 atom stereocenters. The molecule has 0 aliphatic carbocycles. The summed E-state index contributed by atoms with van der Waals surface area (Å²) in [4.78, 5) is 30.3. The minimum absolute atomic E-state index is 0.0418. The Labute approximate surface area is 234 Å². The molecule has 0 aliphatic heterocycles. The van der Waals surface area contributed by atoms with Gasteiger partial charge in [0.15, 0.2) is 15.0 Å². The molecule has 0 saturated carbocycles. The van der Waals surface area contributed by atoms with Crippen LogP contribution in [-0.4, -0.2) is 61.9 Å². The van der Waals surface area contributed by atoms with E-state index in [4.69, 9.17) is 21.1 Å². The quantitative estimate of drug-likeness (QED) is 0.278. The maximum atomic E-state index is 12.6. The molecule has 2 aromatic rings. The van der Waals surface area contributed by atoms with Gasteiger partial charge in [0.2, 0.25) is 5.91 Å². The number of anilines is 1. The van der Waals surface area contributed by atoms with Gasteiger partial charge in [-0.2, -0.15) is 0 Å². The molecule has 1 aromatic carbocycles. The van der Waals surface area contributed by atoms with Gasteiger partial charge in [-0.3, -0.25) is 9.59 Å². The molecule has 0 spiro atoms. The normalized spacial score (nSPS) is 13.3. The van der Waals surface area contributed by atoms with E-state index in [-0.39, 0.29) is 28.9 Å². The number of benzene rings is 1. The van der Waals surface area contributed by atoms with Crippen molar-refractivity contribution in [3.8, 4) is 10.4 Å². The Morgan fingerprint density at radius 2 is 1.79 bits per heavy atom. The van der Waals surface area contributed by atoms with Crippen molar-refractivity contribution in [2.75, 3.05) is 24.7 Å². The third-order valence-electron chi connectivity index (χ3n) is 4.98. The van der Waals surface area contributed by atoms with E-state index in [1.54, 1.807) is 33.8 Å². The highest BCUT2D eigenvalue weighted by molar-refractivity contribution is 7.90. The van der Waals surface area contributed by atoms with E-state index in [9.17, 15) is 18.0 Å². The summed E-state index contributed by atoms with van der Waals surface area (Å²) in [5.41, 5.74) is 0.278. The summed E-state index contributed by atoms with van der Waals surface area (Å²) in [6.45, 7) is 13.5. The van der Waals surface area contributed by atoms with E-state index in [0.29, 0.717) is 29.4 Å². The lowest BCUT2D eigenvalue weighted by Gasteiger charge is -2.27. The number of rotatable bonds is 11. The largest absolute Gasteiger partial charge is 0.459 e. The van der Waals surface area contributed by atoms with Crippen LogP contribution in [0.15, 0.2) is 23.1 Å². The van der Waals surface area contributed by atoms with Crippen LogP contribution < -0.4 is 10.6 Å². The third-order valence-corrected chi connectivity index (χ3v) is 7.68. The molecule has 1 aromatic heterocycles. The summed E-state index contributed by atoms with van der Waals surface area (Å²) >= 11 is 7.31. The maximum Gasteiger partial charge on any atom is 0.326 e. The molecule has 2 N–H and O–H groups in total. The summed E-state index contributed by atoms with van der Waals surface area (Å²) in [6.07, 6.45) is 1.79. The Kier molecular flexibility index (Phi) is 10.9. The first-order chi connectivity index (χ1) is 17.4. The molecule has 1 heterocycles. The number of carbonyl (C=O) groups excluding carboxylic acids is 2. The average molecular weight is 588 g/mol. The van der Waals surface area contributed by atoms with E-state index in [1.165, 1.54) is 23.5 Å². The van der Waals surface area contributed by atoms with Crippen LogP contribution in [0.1, 0.15) is 60.1 Å². The number of esters is 1. The minimum Gasteiger partial charge on any atom is -0.459 e. The summed E-state index contributed by atoms with van der Waals surface area (Å²) in [7, 11) is -3.49. The first kappa shape index (κ1) is 32.2. The first-order valence-electron chi connectivity index (χ1n) is 12.2. The predicted molar refractivity (Wildman–Crippen MR) is 152 cm³/mol. The van der Waals surface area contributed by atoms with Gasteiger partial charge in [0, 0.05) is 12.7 Å². The van der Waals surface area contributed by atoms with Gasteiger partial charge < -0.3 is 20.1 Å². The van der Waals surface area contributed by atoms with Crippen molar-refractivity contribution < 1.29 is 27.5 Å². The van der Waals surface area contributed by atoms with Crippen molar-refractivity contribution in [1.29, 1.82) is 0 Å². The molecule has 212 valence electrons. The van der Waals surface area contributed by atoms with Crippen molar-refractivity contribution in [2.45, 2.75) is 83.4 Å². The van der Waals surface area contributed by atoms with Crippen LogP contribution in [0.3, 0.4) is 0 Å². The van der Waals surface area contributed by atoms with Gasteiger partial charge in [-0.05, 0) is 79.1 Å². The molecular formula is C26H38ClN3O6S2. The molecule has 0 radical (unpaired) electrons. The fraction of sp³-hybridized carbons (Fsp3) is 0.577. The molecular weight excluding hydrogens is 550 g/mol. The molecule has 1 amide bonds. The number of ether oxygens (including phenoxy) is 2. The van der Waals surface area contributed by atoms with Crippen LogP contribution in [-0.2, 0) is 28.9 Å². The Balaban J connectivity index is 1.96. The Bertz CT molecular complexity index is 1250. The van der Waals surface area contributed by atoms with Crippen molar-refractivity contribution in [1.82, 2.24) is 10.3 Å². The molecule has 0 unspecified atom stereocenters. The van der Waals surface area contributed by atoms with Gasteiger partial charge in [0.1, 0.15) is 11.6 Å². The number of aromatic nitrogens is 1. The number of nitrogens with zero attached hydrogens (tertiary/aromatic N) is 1. The fourth-order valence-electron chi connectivity index (χ4n) is 3.27. The second-order valence-corrected chi connectivity index (χ2v) is 14.4. The maximum absolute atomic E-state index is 12.6. The Morgan fingerprint density at radius 1 is 1.13 bits per heavy atom. The zero-order valence-electron chi connectivity index (χ0n) is 23.2. The van der Waals surface area contributed by atoms with Gasteiger partial charge in [0.05, 0.1) is 32.7 Å². The van der Waals surface area contributed by atoms with Crippen molar-refractivity contribution in [3.05, 3.63) is 28.9 Å². The van der Waals surface area contributed by atoms with Crippen LogP contribution >= 0.6 is 22.9 Å². The highest BCUT2D eigenvalue weighted by atomic mass is 35.5. The van der Waals surface area contributed by atoms with E-state index < -0.39 is 33.1 Å². The average Bonchev–Trinajstić information content (AvgIpc) is 3.10. The number of aryl methyl sites for hydroxylation is 1. The fourth-order valence-corrected chi connectivity index (χ4v) is 5.55. The molecule has 0 bridgehead atoms.